The maximum Gasteiger partial charge on any atom is 0.247 e. The molecule has 0 bridgehead atoms. The zero-order valence-corrected chi connectivity index (χ0v) is 18.1. The van der Waals surface area contributed by atoms with E-state index in [-0.39, 0.29) is 18.6 Å². The van der Waals surface area contributed by atoms with Crippen LogP contribution in [0.4, 0.5) is 0 Å². The van der Waals surface area contributed by atoms with Crippen molar-refractivity contribution in [2.75, 3.05) is 19.9 Å². The number of piperidine rings is 1. The molecule has 33 heavy (non-hydrogen) atoms. The number of fused-ring (bicyclic) bond motifs is 2. The van der Waals surface area contributed by atoms with Crippen LogP contribution in [0.2, 0.25) is 0 Å². The van der Waals surface area contributed by atoms with Crippen LogP contribution >= 0.6 is 0 Å². The van der Waals surface area contributed by atoms with Gasteiger partial charge in [-0.05, 0) is 47.4 Å². The maximum atomic E-state index is 13.2. The summed E-state index contributed by atoms with van der Waals surface area (Å²) in [6.07, 6.45) is 2.22. The molecule has 0 saturated carbocycles. The molecule has 1 amide bonds. The highest BCUT2D eigenvalue weighted by Gasteiger charge is 2.29. The van der Waals surface area contributed by atoms with Gasteiger partial charge in [0, 0.05) is 18.7 Å². The molecule has 6 rings (SSSR count). The summed E-state index contributed by atoms with van der Waals surface area (Å²) < 4.78 is 16.8. The van der Waals surface area contributed by atoms with Crippen molar-refractivity contribution in [1.82, 2.24) is 15.1 Å². The molecule has 1 unspecified atom stereocenters. The second kappa shape index (κ2) is 8.24. The number of carbonyl (C=O) groups excluding carboxylic acids is 1. The topological polar surface area (TPSA) is 77.7 Å². The first-order chi connectivity index (χ1) is 16.2. The Bertz CT molecular complexity index is 1330. The lowest BCUT2D eigenvalue weighted by molar-refractivity contribution is -0.131. The fraction of sp³-hybridized carbons (Fsp3) is 0.269. The van der Waals surface area contributed by atoms with Crippen LogP contribution in [0.25, 0.3) is 22.2 Å². The molecule has 3 heterocycles. The molecule has 2 aliphatic rings. The van der Waals surface area contributed by atoms with Crippen molar-refractivity contribution >= 4 is 16.7 Å². The monoisotopic (exact) mass is 441 g/mol. The van der Waals surface area contributed by atoms with Gasteiger partial charge in [0.25, 0.3) is 0 Å². The summed E-state index contributed by atoms with van der Waals surface area (Å²) in [6.45, 7) is 1.56. The maximum absolute atomic E-state index is 13.2. The molecule has 166 valence electrons. The quantitative estimate of drug-likeness (QED) is 0.462. The van der Waals surface area contributed by atoms with Crippen molar-refractivity contribution in [3.8, 4) is 23.0 Å². The lowest BCUT2D eigenvalue weighted by Gasteiger charge is -2.31. The van der Waals surface area contributed by atoms with E-state index in [4.69, 9.17) is 13.9 Å². The third kappa shape index (κ3) is 3.80. The molecule has 7 heteroatoms. The number of rotatable bonds is 4. The van der Waals surface area contributed by atoms with Gasteiger partial charge in [-0.1, -0.05) is 42.5 Å². The molecule has 3 aromatic carbocycles. The first kappa shape index (κ1) is 19.8. The molecule has 7 nitrogen and oxygen atoms in total. The molecular formula is C26H23N3O4. The lowest BCUT2D eigenvalue weighted by Crippen LogP contribution is -2.40. The zero-order valence-electron chi connectivity index (χ0n) is 18.1. The van der Waals surface area contributed by atoms with Crippen LogP contribution in [0.3, 0.4) is 0 Å². The summed E-state index contributed by atoms with van der Waals surface area (Å²) in [6, 6.07) is 19.9. The fourth-order valence-corrected chi connectivity index (χ4v) is 4.67. The van der Waals surface area contributed by atoms with E-state index in [1.165, 1.54) is 0 Å². The van der Waals surface area contributed by atoms with E-state index in [1.54, 1.807) is 0 Å². The molecule has 1 atom stereocenters. The largest absolute Gasteiger partial charge is 0.454 e. The Labute approximate surface area is 190 Å². The lowest BCUT2D eigenvalue weighted by atomic mass is 9.96. The van der Waals surface area contributed by atoms with Gasteiger partial charge >= 0.3 is 0 Å². The van der Waals surface area contributed by atoms with Gasteiger partial charge in [0.2, 0.25) is 24.5 Å². The Morgan fingerprint density at radius 1 is 1.00 bits per heavy atom. The second-order valence-corrected chi connectivity index (χ2v) is 8.51. The van der Waals surface area contributed by atoms with Crippen molar-refractivity contribution in [1.29, 1.82) is 0 Å². The molecular weight excluding hydrogens is 418 g/mol. The highest BCUT2D eigenvalue weighted by Crippen LogP contribution is 2.36. The molecule has 1 fully saturated rings. The van der Waals surface area contributed by atoms with Crippen molar-refractivity contribution in [3.63, 3.8) is 0 Å². The number of likely N-dealkylation sites (tertiary alicyclic amines) is 1. The summed E-state index contributed by atoms with van der Waals surface area (Å²) in [4.78, 5) is 15.1. The van der Waals surface area contributed by atoms with Gasteiger partial charge in [0.15, 0.2) is 11.5 Å². The van der Waals surface area contributed by atoms with Crippen molar-refractivity contribution in [2.45, 2.75) is 25.2 Å². The highest BCUT2D eigenvalue weighted by atomic mass is 16.7. The Morgan fingerprint density at radius 3 is 2.85 bits per heavy atom. The first-order valence-corrected chi connectivity index (χ1v) is 11.2. The van der Waals surface area contributed by atoms with E-state index < -0.39 is 0 Å². The van der Waals surface area contributed by atoms with E-state index in [0.29, 0.717) is 36.2 Å². The fourth-order valence-electron chi connectivity index (χ4n) is 4.67. The Morgan fingerprint density at radius 2 is 1.88 bits per heavy atom. The predicted octanol–water partition coefficient (Wildman–Crippen LogP) is 4.57. The molecule has 1 saturated heterocycles. The van der Waals surface area contributed by atoms with Crippen LogP contribution < -0.4 is 9.47 Å². The summed E-state index contributed by atoms with van der Waals surface area (Å²) in [5.74, 6) is 2.58. The smallest absolute Gasteiger partial charge is 0.247 e. The van der Waals surface area contributed by atoms with E-state index in [2.05, 4.69) is 28.4 Å². The molecule has 0 radical (unpaired) electrons. The van der Waals surface area contributed by atoms with Gasteiger partial charge in [-0.3, -0.25) is 4.79 Å². The first-order valence-electron chi connectivity index (χ1n) is 11.2. The number of ether oxygens (including phenoxy) is 2. The van der Waals surface area contributed by atoms with Gasteiger partial charge in [-0.15, -0.1) is 10.2 Å². The van der Waals surface area contributed by atoms with Crippen molar-refractivity contribution < 1.29 is 18.7 Å². The number of hydrogen-bond donors (Lipinski definition) is 0. The minimum atomic E-state index is 0.0329. The number of hydrogen-bond acceptors (Lipinski definition) is 6. The zero-order chi connectivity index (χ0) is 22.2. The third-order valence-electron chi connectivity index (χ3n) is 6.41. The van der Waals surface area contributed by atoms with Crippen LogP contribution in [0.1, 0.15) is 30.2 Å². The SMILES string of the molecule is O=C(Cc1cccc2ccccc12)N1CCCC(c2nnc(-c3ccc4c(c3)OCO4)o2)C1. The predicted molar refractivity (Wildman–Crippen MR) is 122 cm³/mol. The highest BCUT2D eigenvalue weighted by molar-refractivity contribution is 5.90. The van der Waals surface area contributed by atoms with Gasteiger partial charge < -0.3 is 18.8 Å². The Balaban J connectivity index is 1.17. The Hall–Kier alpha value is -3.87. The Kier molecular flexibility index (Phi) is 4.94. The molecule has 2 aliphatic heterocycles. The number of nitrogens with zero attached hydrogens (tertiary/aromatic N) is 3. The summed E-state index contributed by atoms with van der Waals surface area (Å²) in [7, 11) is 0. The van der Waals surface area contributed by atoms with Crippen molar-refractivity contribution in [2.24, 2.45) is 0 Å². The van der Waals surface area contributed by atoms with Gasteiger partial charge in [-0.25, -0.2) is 0 Å². The van der Waals surface area contributed by atoms with Gasteiger partial charge in [-0.2, -0.15) is 0 Å². The summed E-state index contributed by atoms with van der Waals surface area (Å²) in [5.41, 5.74) is 1.85. The summed E-state index contributed by atoms with van der Waals surface area (Å²) >= 11 is 0. The number of aromatic nitrogens is 2. The third-order valence-corrected chi connectivity index (χ3v) is 6.41. The minimum absolute atomic E-state index is 0.0329. The molecule has 0 aliphatic carbocycles. The molecule has 1 aromatic heterocycles. The van der Waals surface area contributed by atoms with Crippen LogP contribution in [0.15, 0.2) is 65.1 Å². The van der Waals surface area contributed by atoms with E-state index >= 15 is 0 Å². The van der Waals surface area contributed by atoms with E-state index in [9.17, 15) is 4.79 Å². The van der Waals surface area contributed by atoms with Crippen LogP contribution in [-0.4, -0.2) is 40.9 Å². The van der Waals surface area contributed by atoms with Crippen LogP contribution in [-0.2, 0) is 11.2 Å². The number of amides is 1. The average molecular weight is 441 g/mol. The second-order valence-electron chi connectivity index (χ2n) is 8.51. The number of carbonyl (C=O) groups is 1. The molecule has 0 N–H and O–H groups in total. The van der Waals surface area contributed by atoms with Crippen LogP contribution in [0, 0.1) is 0 Å². The molecule has 0 spiro atoms. The van der Waals surface area contributed by atoms with Crippen molar-refractivity contribution in [3.05, 3.63) is 72.1 Å². The minimum Gasteiger partial charge on any atom is -0.454 e. The normalized spacial score (nSPS) is 17.5. The molecule has 4 aromatic rings. The summed E-state index contributed by atoms with van der Waals surface area (Å²) in [5, 5.41) is 10.8. The van der Waals surface area contributed by atoms with Gasteiger partial charge in [0.1, 0.15) is 0 Å². The van der Waals surface area contributed by atoms with E-state index in [0.717, 1.165) is 41.3 Å². The number of benzene rings is 3. The van der Waals surface area contributed by atoms with E-state index in [1.807, 2.05) is 47.4 Å². The van der Waals surface area contributed by atoms with Crippen LogP contribution in [0.5, 0.6) is 11.5 Å². The standard InChI is InChI=1S/C26H23N3O4/c30-24(14-18-7-3-6-17-5-1-2-9-21(17)18)29-12-4-8-20(15-29)26-28-27-25(33-26)19-10-11-22-23(13-19)32-16-31-22/h1-3,5-7,9-11,13,20H,4,8,12,14-16H2. The van der Waals surface area contributed by atoms with Gasteiger partial charge in [0.05, 0.1) is 12.3 Å². The average Bonchev–Trinajstić information content (AvgIpc) is 3.54.